The molecule has 29 heavy (non-hydrogen) atoms. The van der Waals surface area contributed by atoms with Crippen molar-refractivity contribution < 1.29 is 27.6 Å². The molecule has 0 aliphatic carbocycles. The Morgan fingerprint density at radius 1 is 1.45 bits per heavy atom. The minimum absolute atomic E-state index is 0.0182. The van der Waals surface area contributed by atoms with Gasteiger partial charge in [0, 0.05) is 13.2 Å². The average Bonchev–Trinajstić information content (AvgIpc) is 3.01. The zero-order valence-electron chi connectivity index (χ0n) is 14.8. The van der Waals surface area contributed by atoms with Crippen LogP contribution in [-0.4, -0.2) is 42.0 Å². The molecule has 0 aliphatic rings. The number of alkyl halides is 3. The van der Waals surface area contributed by atoms with E-state index in [-0.39, 0.29) is 32.5 Å². The number of rotatable bonds is 4. The molecule has 0 saturated heterocycles. The van der Waals surface area contributed by atoms with Gasteiger partial charge in [-0.15, -0.1) is 0 Å². The maximum absolute atomic E-state index is 13.0. The van der Waals surface area contributed by atoms with Gasteiger partial charge in [-0.1, -0.05) is 17.7 Å². The summed E-state index contributed by atoms with van der Waals surface area (Å²) in [6, 6.07) is 3.86. The standard InChI is InChI=1S/C17H14ClF3N4O3S/c1-25-14(24-12-5-8(17(19,20)21)6-23-15(12)25)9-3-2-4-10(18)13(9)29(28)16(27)11(22)7-26/h2-6,11,26H,7,22H2,1H3/t11-,29?/m0/s1. The molecule has 2 atom stereocenters. The fourth-order valence-electron chi connectivity index (χ4n) is 2.66. The van der Waals surface area contributed by atoms with Crippen molar-refractivity contribution in [2.75, 3.05) is 6.61 Å². The zero-order valence-corrected chi connectivity index (χ0v) is 16.3. The lowest BCUT2D eigenvalue weighted by atomic mass is 10.2. The van der Waals surface area contributed by atoms with Gasteiger partial charge in [-0.3, -0.25) is 0 Å². The Morgan fingerprint density at radius 2 is 2.14 bits per heavy atom. The number of aliphatic hydroxyl groups is 1. The smallest absolute Gasteiger partial charge is 0.417 e. The molecular formula is C17H14ClF3N4O3S. The van der Waals surface area contributed by atoms with Crippen molar-refractivity contribution in [1.82, 2.24) is 14.5 Å². The van der Waals surface area contributed by atoms with Gasteiger partial charge in [-0.2, -0.15) is 13.2 Å². The van der Waals surface area contributed by atoms with Gasteiger partial charge in [0.2, 0.25) is 0 Å². The summed E-state index contributed by atoms with van der Waals surface area (Å²) in [6.07, 6.45) is -3.90. The van der Waals surface area contributed by atoms with E-state index in [1.165, 1.54) is 29.8 Å². The largest absolute Gasteiger partial charge is 0.604 e. The summed E-state index contributed by atoms with van der Waals surface area (Å²) >= 11 is 3.81. The maximum atomic E-state index is 13.0. The summed E-state index contributed by atoms with van der Waals surface area (Å²) in [6.45, 7) is -0.708. The number of hydrogen-bond donors (Lipinski definition) is 2. The highest BCUT2D eigenvalue weighted by Crippen LogP contribution is 2.36. The van der Waals surface area contributed by atoms with Crippen LogP contribution < -0.4 is 5.73 Å². The number of pyridine rings is 1. The normalized spacial score (nSPS) is 14.2. The predicted octanol–water partition coefficient (Wildman–Crippen LogP) is 2.26. The van der Waals surface area contributed by atoms with Gasteiger partial charge in [-0.25, -0.2) is 14.8 Å². The maximum Gasteiger partial charge on any atom is 0.417 e. The van der Waals surface area contributed by atoms with Crippen molar-refractivity contribution in [3.05, 3.63) is 41.0 Å². The summed E-state index contributed by atoms with van der Waals surface area (Å²) in [4.78, 5) is 20.1. The lowest BCUT2D eigenvalue weighted by Gasteiger charge is -2.15. The number of nitrogens with zero attached hydrogens (tertiary/aromatic N) is 3. The number of carbonyl (C=O) groups excluding carboxylic acids is 1. The molecule has 0 aliphatic heterocycles. The van der Waals surface area contributed by atoms with Crippen LogP contribution in [-0.2, 0) is 29.2 Å². The third kappa shape index (κ3) is 3.96. The highest BCUT2D eigenvalue weighted by molar-refractivity contribution is 8.06. The van der Waals surface area contributed by atoms with E-state index in [9.17, 15) is 22.5 Å². The van der Waals surface area contributed by atoms with Crippen LogP contribution in [0.5, 0.6) is 0 Å². The molecule has 0 fully saturated rings. The number of nitrogens with two attached hydrogens (primary N) is 1. The number of hydrogen-bond acceptors (Lipinski definition) is 6. The van der Waals surface area contributed by atoms with Gasteiger partial charge in [0.05, 0.1) is 33.9 Å². The molecule has 2 aromatic heterocycles. The molecule has 3 rings (SSSR count). The van der Waals surface area contributed by atoms with Crippen molar-refractivity contribution in [2.24, 2.45) is 12.8 Å². The molecule has 0 bridgehead atoms. The van der Waals surface area contributed by atoms with E-state index in [1.807, 2.05) is 0 Å². The highest BCUT2D eigenvalue weighted by atomic mass is 35.5. The summed E-state index contributed by atoms with van der Waals surface area (Å²) in [7, 11) is 1.51. The number of aromatic nitrogens is 3. The van der Waals surface area contributed by atoms with E-state index in [4.69, 9.17) is 22.4 Å². The lowest BCUT2D eigenvalue weighted by molar-refractivity contribution is -0.137. The Bertz CT molecular complexity index is 1090. The zero-order chi connectivity index (χ0) is 21.5. The molecular weight excluding hydrogens is 433 g/mol. The van der Waals surface area contributed by atoms with E-state index in [0.29, 0.717) is 6.20 Å². The minimum atomic E-state index is -4.59. The topological polar surface area (TPSA) is 117 Å². The number of aryl methyl sites for hydroxylation is 1. The molecule has 1 aromatic carbocycles. The first-order valence-electron chi connectivity index (χ1n) is 8.06. The van der Waals surface area contributed by atoms with Crippen LogP contribution in [0.15, 0.2) is 35.4 Å². The van der Waals surface area contributed by atoms with Crippen molar-refractivity contribution in [2.45, 2.75) is 17.1 Å². The Hall–Kier alpha value is -2.18. The first kappa shape index (κ1) is 21.5. The molecule has 7 nitrogen and oxygen atoms in total. The monoisotopic (exact) mass is 446 g/mol. The molecule has 0 amide bonds. The summed E-state index contributed by atoms with van der Waals surface area (Å²) in [5, 5.41) is 8.09. The van der Waals surface area contributed by atoms with Crippen LogP contribution >= 0.6 is 11.6 Å². The quantitative estimate of drug-likeness (QED) is 0.594. The van der Waals surface area contributed by atoms with E-state index in [2.05, 4.69) is 9.97 Å². The van der Waals surface area contributed by atoms with Gasteiger partial charge >= 0.3 is 11.3 Å². The van der Waals surface area contributed by atoms with E-state index < -0.39 is 40.7 Å². The fraction of sp³-hybridized carbons (Fsp3) is 0.235. The number of benzene rings is 1. The molecule has 1 unspecified atom stereocenters. The van der Waals surface area contributed by atoms with Gasteiger partial charge in [0.25, 0.3) is 0 Å². The molecule has 2 heterocycles. The fourth-order valence-corrected chi connectivity index (χ4v) is 4.20. The van der Waals surface area contributed by atoms with Crippen LogP contribution in [0, 0.1) is 0 Å². The molecule has 3 N–H and O–H groups in total. The Morgan fingerprint density at radius 3 is 2.76 bits per heavy atom. The molecule has 3 aromatic rings. The van der Waals surface area contributed by atoms with Crippen LogP contribution in [0.1, 0.15) is 5.56 Å². The Kier molecular flexibility index (Phi) is 5.88. The number of aliphatic hydroxyl groups excluding tert-OH is 1. The second kappa shape index (κ2) is 7.92. The molecule has 0 saturated carbocycles. The van der Waals surface area contributed by atoms with Crippen molar-refractivity contribution in [3.8, 4) is 11.4 Å². The van der Waals surface area contributed by atoms with Gasteiger partial charge in [-0.05, 0) is 18.2 Å². The van der Waals surface area contributed by atoms with Crippen molar-refractivity contribution >= 4 is 39.1 Å². The van der Waals surface area contributed by atoms with E-state index >= 15 is 0 Å². The first-order chi connectivity index (χ1) is 13.6. The highest BCUT2D eigenvalue weighted by Gasteiger charge is 2.35. The van der Waals surface area contributed by atoms with Crippen LogP contribution in [0.2, 0.25) is 5.02 Å². The van der Waals surface area contributed by atoms with Gasteiger partial charge in [0.15, 0.2) is 10.5 Å². The van der Waals surface area contributed by atoms with Crippen LogP contribution in [0.3, 0.4) is 0 Å². The minimum Gasteiger partial charge on any atom is -0.604 e. The number of imidazole rings is 1. The van der Waals surface area contributed by atoms with E-state index in [1.54, 1.807) is 0 Å². The Balaban J connectivity index is 2.19. The second-order valence-corrected chi connectivity index (χ2v) is 7.81. The van der Waals surface area contributed by atoms with E-state index in [0.717, 1.165) is 6.07 Å². The lowest BCUT2D eigenvalue weighted by Crippen LogP contribution is -2.39. The average molecular weight is 447 g/mol. The third-order valence-corrected chi connectivity index (χ3v) is 6.02. The van der Waals surface area contributed by atoms with Gasteiger partial charge < -0.3 is 20.0 Å². The molecule has 12 heteroatoms. The number of halogens is 4. The Labute approximate surface area is 170 Å². The first-order valence-corrected chi connectivity index (χ1v) is 9.59. The van der Waals surface area contributed by atoms with Crippen molar-refractivity contribution in [3.63, 3.8) is 0 Å². The molecule has 154 valence electrons. The van der Waals surface area contributed by atoms with Crippen LogP contribution in [0.25, 0.3) is 22.6 Å². The molecule has 0 spiro atoms. The summed E-state index contributed by atoms with van der Waals surface area (Å²) in [5.74, 6) is 0.114. The molecule has 0 radical (unpaired) electrons. The predicted molar refractivity (Wildman–Crippen MR) is 100 cm³/mol. The third-order valence-electron chi connectivity index (χ3n) is 4.11. The van der Waals surface area contributed by atoms with Crippen LogP contribution in [0.4, 0.5) is 13.2 Å². The number of fused-ring (bicyclic) bond motifs is 1. The summed E-state index contributed by atoms with van der Waals surface area (Å²) in [5.41, 5.74) is 4.80. The van der Waals surface area contributed by atoms with Gasteiger partial charge in [0.1, 0.15) is 17.4 Å². The number of carbonyl (C=O) groups is 1. The SMILES string of the molecule is Cn1c(-c2cccc(Cl)c2[S+]([O-])C(=O)[C@@H](N)CO)nc2cc(C(F)(F)F)cnc21. The second-order valence-electron chi connectivity index (χ2n) is 6.05. The summed E-state index contributed by atoms with van der Waals surface area (Å²) < 4.78 is 53.1. The van der Waals surface area contributed by atoms with Crippen molar-refractivity contribution in [1.29, 1.82) is 0 Å².